The SMILES string of the molecule is c1ccc(-c2nc(-c3cc(-c4ccncc4)cc(-c4ccc5ccccc5c4)c3)cc(-c3ccc4c(c3)oc3ccccc34)n2)cc1. The van der Waals surface area contributed by atoms with Gasteiger partial charge in [-0.1, -0.05) is 91.0 Å². The second kappa shape index (κ2) is 11.2. The average molecular weight is 602 g/mol. The van der Waals surface area contributed by atoms with E-state index in [0.717, 1.165) is 72.3 Å². The summed E-state index contributed by atoms with van der Waals surface area (Å²) in [5.74, 6) is 0.671. The molecule has 4 heteroatoms. The van der Waals surface area contributed by atoms with Crippen LogP contribution in [-0.2, 0) is 0 Å². The lowest BCUT2D eigenvalue weighted by molar-refractivity contribution is 0.669. The Labute approximate surface area is 271 Å². The number of nitrogens with zero attached hydrogens (tertiary/aromatic N) is 3. The number of furan rings is 1. The molecular weight excluding hydrogens is 574 g/mol. The summed E-state index contributed by atoms with van der Waals surface area (Å²) in [5.41, 5.74) is 10.8. The number of pyridine rings is 1. The third-order valence-electron chi connectivity index (χ3n) is 8.76. The molecule has 0 radical (unpaired) electrons. The third-order valence-corrected chi connectivity index (χ3v) is 8.76. The highest BCUT2D eigenvalue weighted by molar-refractivity contribution is 6.05. The monoisotopic (exact) mass is 601 g/mol. The zero-order valence-electron chi connectivity index (χ0n) is 25.3. The molecule has 6 aromatic carbocycles. The van der Waals surface area contributed by atoms with Crippen LogP contribution in [0.25, 0.3) is 88.9 Å². The third kappa shape index (κ3) is 5.02. The smallest absolute Gasteiger partial charge is 0.160 e. The van der Waals surface area contributed by atoms with Crippen LogP contribution in [0.4, 0.5) is 0 Å². The number of aromatic nitrogens is 3. The number of hydrogen-bond acceptors (Lipinski definition) is 4. The molecule has 3 heterocycles. The highest BCUT2D eigenvalue weighted by Crippen LogP contribution is 2.37. The maximum Gasteiger partial charge on any atom is 0.160 e. The van der Waals surface area contributed by atoms with E-state index in [9.17, 15) is 0 Å². The van der Waals surface area contributed by atoms with E-state index in [1.165, 1.54) is 10.8 Å². The Kier molecular flexibility index (Phi) is 6.43. The van der Waals surface area contributed by atoms with Crippen molar-refractivity contribution in [1.29, 1.82) is 0 Å². The first-order valence-corrected chi connectivity index (χ1v) is 15.7. The zero-order valence-corrected chi connectivity index (χ0v) is 25.3. The Morgan fingerprint density at radius 1 is 0.362 bits per heavy atom. The van der Waals surface area contributed by atoms with Gasteiger partial charge in [0.05, 0.1) is 11.4 Å². The van der Waals surface area contributed by atoms with Crippen LogP contribution < -0.4 is 0 Å². The Morgan fingerprint density at radius 3 is 1.87 bits per heavy atom. The first-order valence-electron chi connectivity index (χ1n) is 15.7. The van der Waals surface area contributed by atoms with Crippen molar-refractivity contribution < 1.29 is 4.42 Å². The topological polar surface area (TPSA) is 51.8 Å². The van der Waals surface area contributed by atoms with Crippen LogP contribution in [0.3, 0.4) is 0 Å². The van der Waals surface area contributed by atoms with Crippen molar-refractivity contribution in [2.75, 3.05) is 0 Å². The molecule has 47 heavy (non-hydrogen) atoms. The lowest BCUT2D eigenvalue weighted by Gasteiger charge is -2.13. The summed E-state index contributed by atoms with van der Waals surface area (Å²) in [7, 11) is 0. The highest BCUT2D eigenvalue weighted by Gasteiger charge is 2.15. The predicted octanol–water partition coefficient (Wildman–Crippen LogP) is 11.3. The van der Waals surface area contributed by atoms with E-state index in [4.69, 9.17) is 14.4 Å². The maximum atomic E-state index is 6.26. The summed E-state index contributed by atoms with van der Waals surface area (Å²) in [5, 5.41) is 4.62. The average Bonchev–Trinajstić information content (AvgIpc) is 3.53. The van der Waals surface area contributed by atoms with Crippen molar-refractivity contribution in [1.82, 2.24) is 15.0 Å². The van der Waals surface area contributed by atoms with Crippen molar-refractivity contribution in [2.45, 2.75) is 0 Å². The normalized spacial score (nSPS) is 11.4. The van der Waals surface area contributed by atoms with Gasteiger partial charge in [-0.2, -0.15) is 0 Å². The molecule has 0 atom stereocenters. The van der Waals surface area contributed by atoms with Gasteiger partial charge in [0, 0.05) is 39.9 Å². The van der Waals surface area contributed by atoms with Crippen molar-refractivity contribution in [3.63, 3.8) is 0 Å². The van der Waals surface area contributed by atoms with Gasteiger partial charge in [-0.25, -0.2) is 9.97 Å². The van der Waals surface area contributed by atoms with Gasteiger partial charge in [-0.3, -0.25) is 4.98 Å². The molecule has 0 spiro atoms. The summed E-state index contributed by atoms with van der Waals surface area (Å²) >= 11 is 0. The Morgan fingerprint density at radius 2 is 1.02 bits per heavy atom. The summed E-state index contributed by atoms with van der Waals surface area (Å²) in [6, 6.07) is 52.6. The van der Waals surface area contributed by atoms with Gasteiger partial charge in [0.1, 0.15) is 11.2 Å². The van der Waals surface area contributed by atoms with Gasteiger partial charge in [-0.05, 0) is 93.7 Å². The number of benzene rings is 6. The van der Waals surface area contributed by atoms with Crippen molar-refractivity contribution in [2.24, 2.45) is 0 Å². The molecule has 0 amide bonds. The summed E-state index contributed by atoms with van der Waals surface area (Å²) < 4.78 is 6.26. The molecule has 0 saturated carbocycles. The molecule has 0 N–H and O–H groups in total. The number of rotatable bonds is 5. The van der Waals surface area contributed by atoms with Crippen LogP contribution in [0.1, 0.15) is 0 Å². The van der Waals surface area contributed by atoms with Crippen LogP contribution in [0.2, 0.25) is 0 Å². The molecule has 0 aliphatic rings. The number of hydrogen-bond donors (Lipinski definition) is 0. The minimum Gasteiger partial charge on any atom is -0.456 e. The van der Waals surface area contributed by atoms with Crippen LogP contribution >= 0.6 is 0 Å². The first kappa shape index (κ1) is 27.0. The quantitative estimate of drug-likeness (QED) is 0.197. The minimum atomic E-state index is 0.671. The lowest BCUT2D eigenvalue weighted by atomic mass is 9.94. The summed E-state index contributed by atoms with van der Waals surface area (Å²) in [6.45, 7) is 0. The molecular formula is C43H27N3O. The van der Waals surface area contributed by atoms with Gasteiger partial charge < -0.3 is 4.42 Å². The van der Waals surface area contributed by atoms with Gasteiger partial charge in [0.25, 0.3) is 0 Å². The lowest BCUT2D eigenvalue weighted by Crippen LogP contribution is -1.96. The van der Waals surface area contributed by atoms with Crippen LogP contribution in [0.15, 0.2) is 168 Å². The fraction of sp³-hybridized carbons (Fsp3) is 0. The highest BCUT2D eigenvalue weighted by atomic mass is 16.3. The van der Waals surface area contributed by atoms with E-state index < -0.39 is 0 Å². The molecule has 4 nitrogen and oxygen atoms in total. The minimum absolute atomic E-state index is 0.671. The van der Waals surface area contributed by atoms with Crippen molar-refractivity contribution in [3.8, 4) is 56.2 Å². The molecule has 0 aliphatic carbocycles. The van der Waals surface area contributed by atoms with Gasteiger partial charge in [-0.15, -0.1) is 0 Å². The fourth-order valence-corrected chi connectivity index (χ4v) is 6.37. The molecule has 220 valence electrons. The molecule has 0 saturated heterocycles. The largest absolute Gasteiger partial charge is 0.456 e. The van der Waals surface area contributed by atoms with Gasteiger partial charge >= 0.3 is 0 Å². The Hall–Kier alpha value is -6.39. The summed E-state index contributed by atoms with van der Waals surface area (Å²) in [4.78, 5) is 14.5. The van der Waals surface area contributed by atoms with E-state index in [0.29, 0.717) is 5.82 Å². The van der Waals surface area contributed by atoms with Crippen LogP contribution in [0.5, 0.6) is 0 Å². The molecule has 0 fully saturated rings. The first-order chi connectivity index (χ1) is 23.2. The Bertz CT molecular complexity index is 2570. The van der Waals surface area contributed by atoms with Gasteiger partial charge in [0.2, 0.25) is 0 Å². The summed E-state index contributed by atoms with van der Waals surface area (Å²) in [6.07, 6.45) is 3.67. The zero-order chi connectivity index (χ0) is 31.2. The van der Waals surface area contributed by atoms with Crippen LogP contribution in [-0.4, -0.2) is 15.0 Å². The predicted molar refractivity (Wildman–Crippen MR) is 192 cm³/mol. The molecule has 0 bridgehead atoms. The second-order valence-corrected chi connectivity index (χ2v) is 11.7. The molecule has 0 aliphatic heterocycles. The number of para-hydroxylation sites is 1. The van der Waals surface area contributed by atoms with Crippen LogP contribution in [0, 0.1) is 0 Å². The molecule has 9 aromatic rings. The fourth-order valence-electron chi connectivity index (χ4n) is 6.37. The standard InChI is InChI=1S/C43H27N3O/c1-2-9-30(10-3-1)43-45-39(33-16-17-38-37-12-6-7-13-41(37)47-42(38)26-33)27-40(46-43)36-24-34(29-18-20-44-21-19-29)23-35(25-36)32-15-14-28-8-4-5-11-31(28)22-32/h1-27H. The second-order valence-electron chi connectivity index (χ2n) is 11.7. The van der Waals surface area contributed by atoms with Crippen molar-refractivity contribution in [3.05, 3.63) is 164 Å². The van der Waals surface area contributed by atoms with E-state index in [1.54, 1.807) is 0 Å². The Balaban J connectivity index is 1.25. The van der Waals surface area contributed by atoms with E-state index in [2.05, 4.69) is 108 Å². The van der Waals surface area contributed by atoms with Crippen molar-refractivity contribution >= 4 is 32.7 Å². The molecule has 3 aromatic heterocycles. The van der Waals surface area contributed by atoms with E-state index in [-0.39, 0.29) is 0 Å². The van der Waals surface area contributed by atoms with E-state index >= 15 is 0 Å². The van der Waals surface area contributed by atoms with Gasteiger partial charge in [0.15, 0.2) is 5.82 Å². The van der Waals surface area contributed by atoms with E-state index in [1.807, 2.05) is 60.9 Å². The molecule has 9 rings (SSSR count). The molecule has 0 unspecified atom stereocenters. The maximum absolute atomic E-state index is 6.26. The number of fused-ring (bicyclic) bond motifs is 4.